The Bertz CT molecular complexity index is 1150. The number of aromatic nitrogens is 1. The maximum absolute atomic E-state index is 13.1. The van der Waals surface area contributed by atoms with Gasteiger partial charge < -0.3 is 14.7 Å². The van der Waals surface area contributed by atoms with Crippen LogP contribution in [0, 0.1) is 6.92 Å². The van der Waals surface area contributed by atoms with Crippen molar-refractivity contribution in [1.29, 1.82) is 0 Å². The quantitative estimate of drug-likeness (QED) is 0.357. The van der Waals surface area contributed by atoms with Crippen molar-refractivity contribution in [3.05, 3.63) is 101 Å². The second-order valence-electron chi connectivity index (χ2n) is 7.66. The van der Waals surface area contributed by atoms with Gasteiger partial charge in [0.25, 0.3) is 11.7 Å². The lowest BCUT2D eigenvalue weighted by Crippen LogP contribution is -2.29. The van der Waals surface area contributed by atoms with Gasteiger partial charge in [-0.2, -0.15) is 0 Å². The van der Waals surface area contributed by atoms with Crippen LogP contribution in [0.2, 0.25) is 0 Å². The van der Waals surface area contributed by atoms with Gasteiger partial charge in [0.15, 0.2) is 0 Å². The monoisotopic (exact) mass is 428 g/mol. The first-order valence-electron chi connectivity index (χ1n) is 10.5. The number of ketones is 1. The topological polar surface area (TPSA) is 79.7 Å². The van der Waals surface area contributed by atoms with E-state index in [-0.39, 0.29) is 17.9 Å². The summed E-state index contributed by atoms with van der Waals surface area (Å²) in [6.45, 7) is 4.59. The lowest BCUT2D eigenvalue weighted by Gasteiger charge is -2.25. The molecule has 1 atom stereocenters. The molecule has 1 aliphatic heterocycles. The Kier molecular flexibility index (Phi) is 6.03. The van der Waals surface area contributed by atoms with Gasteiger partial charge in [-0.3, -0.25) is 14.6 Å². The zero-order chi connectivity index (χ0) is 22.7. The van der Waals surface area contributed by atoms with Crippen molar-refractivity contribution in [2.24, 2.45) is 0 Å². The molecule has 6 nitrogen and oxygen atoms in total. The van der Waals surface area contributed by atoms with Crippen molar-refractivity contribution < 1.29 is 19.4 Å². The Balaban J connectivity index is 1.81. The van der Waals surface area contributed by atoms with Crippen molar-refractivity contribution in [1.82, 2.24) is 9.88 Å². The van der Waals surface area contributed by atoms with E-state index in [1.807, 2.05) is 44.2 Å². The molecule has 0 saturated carbocycles. The van der Waals surface area contributed by atoms with Crippen molar-refractivity contribution in [3.63, 3.8) is 0 Å². The van der Waals surface area contributed by atoms with Gasteiger partial charge >= 0.3 is 0 Å². The molecule has 1 saturated heterocycles. The van der Waals surface area contributed by atoms with E-state index >= 15 is 0 Å². The molecule has 0 spiro atoms. The molecule has 0 radical (unpaired) electrons. The van der Waals surface area contributed by atoms with Crippen LogP contribution in [0.4, 0.5) is 0 Å². The molecular weight excluding hydrogens is 404 g/mol. The Hall–Kier alpha value is -3.93. The number of nitrogens with zero attached hydrogens (tertiary/aromatic N) is 2. The van der Waals surface area contributed by atoms with Crippen LogP contribution in [0.1, 0.15) is 35.2 Å². The largest absolute Gasteiger partial charge is 0.507 e. The highest BCUT2D eigenvalue weighted by atomic mass is 16.5. The van der Waals surface area contributed by atoms with E-state index in [2.05, 4.69) is 4.98 Å². The van der Waals surface area contributed by atoms with Crippen LogP contribution in [-0.2, 0) is 16.1 Å². The van der Waals surface area contributed by atoms with E-state index < -0.39 is 17.7 Å². The van der Waals surface area contributed by atoms with Crippen LogP contribution in [0.15, 0.2) is 78.6 Å². The van der Waals surface area contributed by atoms with Crippen molar-refractivity contribution in [2.75, 3.05) is 6.61 Å². The number of hydrogen-bond donors (Lipinski definition) is 1. The highest BCUT2D eigenvalue weighted by Gasteiger charge is 2.46. The number of ether oxygens (including phenoxy) is 1. The molecule has 2 aromatic carbocycles. The second kappa shape index (κ2) is 9.06. The molecule has 162 valence electrons. The number of rotatable bonds is 6. The van der Waals surface area contributed by atoms with E-state index in [0.29, 0.717) is 17.9 Å². The third-order valence-corrected chi connectivity index (χ3v) is 5.45. The van der Waals surface area contributed by atoms with E-state index in [1.165, 1.54) is 4.90 Å². The van der Waals surface area contributed by atoms with Gasteiger partial charge in [-0.05, 0) is 55.3 Å². The summed E-state index contributed by atoms with van der Waals surface area (Å²) < 4.78 is 5.46. The van der Waals surface area contributed by atoms with Crippen LogP contribution in [0.5, 0.6) is 5.75 Å². The first kappa shape index (κ1) is 21.3. The number of aryl methyl sites for hydroxylation is 1. The lowest BCUT2D eigenvalue weighted by atomic mass is 9.94. The number of aliphatic hydroxyl groups is 1. The van der Waals surface area contributed by atoms with Gasteiger partial charge in [0.1, 0.15) is 11.5 Å². The summed E-state index contributed by atoms with van der Waals surface area (Å²) in [5.41, 5.74) is 3.14. The zero-order valence-electron chi connectivity index (χ0n) is 18.0. The molecule has 0 unspecified atom stereocenters. The summed E-state index contributed by atoms with van der Waals surface area (Å²) in [5.74, 6) is -0.889. The van der Waals surface area contributed by atoms with Crippen molar-refractivity contribution >= 4 is 17.4 Å². The molecule has 3 aromatic rings. The normalized spacial score (nSPS) is 17.6. The van der Waals surface area contributed by atoms with Gasteiger partial charge in [0.05, 0.1) is 18.2 Å². The average molecular weight is 428 g/mol. The predicted octanol–water partition coefficient (Wildman–Crippen LogP) is 4.41. The molecule has 1 amide bonds. The molecule has 0 bridgehead atoms. The van der Waals surface area contributed by atoms with Gasteiger partial charge in [0.2, 0.25) is 0 Å². The Morgan fingerprint density at radius 2 is 1.78 bits per heavy atom. The van der Waals surface area contributed by atoms with Gasteiger partial charge in [-0.1, -0.05) is 35.9 Å². The standard InChI is InChI=1S/C26H24N2O4/c1-3-32-21-12-10-20(11-13-21)24(29)22-23(19-8-6-17(2)7-9-19)28(26(31)25(22)30)16-18-5-4-14-27-15-18/h4-15,23,29H,3,16H2,1-2H3/t23-/m0/s1. The van der Waals surface area contributed by atoms with Crippen LogP contribution < -0.4 is 4.74 Å². The van der Waals surface area contributed by atoms with E-state index in [4.69, 9.17) is 4.74 Å². The summed E-state index contributed by atoms with van der Waals surface area (Å²) >= 11 is 0. The molecule has 1 fully saturated rings. The molecule has 4 rings (SSSR count). The number of aliphatic hydroxyl groups excluding tert-OH is 1. The molecule has 1 aromatic heterocycles. The van der Waals surface area contributed by atoms with Gasteiger partial charge in [0, 0.05) is 24.5 Å². The number of amides is 1. The lowest BCUT2D eigenvalue weighted by molar-refractivity contribution is -0.140. The van der Waals surface area contributed by atoms with Crippen LogP contribution in [-0.4, -0.2) is 33.3 Å². The summed E-state index contributed by atoms with van der Waals surface area (Å²) in [6.07, 6.45) is 3.32. The average Bonchev–Trinajstić information content (AvgIpc) is 3.05. The number of carbonyl (C=O) groups is 2. The minimum atomic E-state index is -0.706. The highest BCUT2D eigenvalue weighted by molar-refractivity contribution is 6.46. The summed E-state index contributed by atoms with van der Waals surface area (Å²) in [5, 5.41) is 11.1. The maximum atomic E-state index is 13.1. The summed E-state index contributed by atoms with van der Waals surface area (Å²) in [6, 6.07) is 17.4. The number of hydrogen-bond acceptors (Lipinski definition) is 5. The van der Waals surface area contributed by atoms with E-state index in [0.717, 1.165) is 16.7 Å². The molecule has 6 heteroatoms. The smallest absolute Gasteiger partial charge is 0.295 e. The summed E-state index contributed by atoms with van der Waals surface area (Å²) in [4.78, 5) is 31.7. The number of benzene rings is 2. The van der Waals surface area contributed by atoms with Gasteiger partial charge in [-0.15, -0.1) is 0 Å². The first-order chi connectivity index (χ1) is 15.5. The number of pyridine rings is 1. The van der Waals surface area contributed by atoms with Crippen molar-refractivity contribution in [3.8, 4) is 5.75 Å². The Morgan fingerprint density at radius 1 is 1.06 bits per heavy atom. The first-order valence-corrected chi connectivity index (χ1v) is 10.5. The molecule has 32 heavy (non-hydrogen) atoms. The number of Topliss-reactive ketones (excluding diaryl/α,β-unsaturated/α-hetero) is 1. The SMILES string of the molecule is CCOc1ccc(C(O)=C2C(=O)C(=O)N(Cc3cccnc3)[C@H]2c2ccc(C)cc2)cc1. The fourth-order valence-electron chi connectivity index (χ4n) is 3.86. The third-order valence-electron chi connectivity index (χ3n) is 5.45. The number of likely N-dealkylation sites (tertiary alicyclic amines) is 1. The Labute approximate surface area is 186 Å². The predicted molar refractivity (Wildman–Crippen MR) is 121 cm³/mol. The second-order valence-corrected chi connectivity index (χ2v) is 7.66. The van der Waals surface area contributed by atoms with Crippen molar-refractivity contribution in [2.45, 2.75) is 26.4 Å². The van der Waals surface area contributed by atoms with E-state index in [9.17, 15) is 14.7 Å². The fraction of sp³-hybridized carbons (Fsp3) is 0.192. The molecule has 1 aliphatic rings. The maximum Gasteiger partial charge on any atom is 0.295 e. The summed E-state index contributed by atoms with van der Waals surface area (Å²) in [7, 11) is 0. The fourth-order valence-corrected chi connectivity index (χ4v) is 3.86. The minimum Gasteiger partial charge on any atom is -0.507 e. The Morgan fingerprint density at radius 3 is 2.41 bits per heavy atom. The van der Waals surface area contributed by atoms with Crippen LogP contribution in [0.25, 0.3) is 5.76 Å². The molecule has 0 aliphatic carbocycles. The van der Waals surface area contributed by atoms with Crippen LogP contribution >= 0.6 is 0 Å². The molecule has 1 N–H and O–H groups in total. The van der Waals surface area contributed by atoms with Gasteiger partial charge in [-0.25, -0.2) is 0 Å². The minimum absolute atomic E-state index is 0.0758. The van der Waals surface area contributed by atoms with Crippen LogP contribution in [0.3, 0.4) is 0 Å². The van der Waals surface area contributed by atoms with E-state index in [1.54, 1.807) is 42.7 Å². The highest BCUT2D eigenvalue weighted by Crippen LogP contribution is 2.40. The third kappa shape index (κ3) is 4.12. The zero-order valence-corrected chi connectivity index (χ0v) is 18.0. The molecular formula is C26H24N2O4. The molecule has 2 heterocycles. The number of carbonyl (C=O) groups excluding carboxylic acids is 2.